The van der Waals surface area contributed by atoms with E-state index in [4.69, 9.17) is 39.5 Å². The summed E-state index contributed by atoms with van der Waals surface area (Å²) in [4.78, 5) is 52.8. The molecule has 6 rings (SSSR count). The number of allylic oxidation sites excluding steroid dienone is 2. The summed E-state index contributed by atoms with van der Waals surface area (Å²) in [7, 11) is 2.73. The number of imide groups is 2. The molecule has 0 aromatic heterocycles. The Morgan fingerprint density at radius 2 is 1.67 bits per heavy atom. The fraction of sp³-hybridized carbons (Fsp3) is 0.357. The van der Waals surface area contributed by atoms with E-state index in [-0.39, 0.29) is 30.2 Å². The SMILES string of the molecule is COc1ccc(C2C3=CCC4C(=O)N(c5ccc(Cl)cc5)C(=O)C4C3CC3(Cl)C(=O)N(C)C(=O)C23Cl)cc1O. The molecule has 6 unspecified atom stereocenters. The minimum absolute atomic E-state index is 0.105. The van der Waals surface area contributed by atoms with Crippen molar-refractivity contribution in [3.63, 3.8) is 0 Å². The van der Waals surface area contributed by atoms with Crippen molar-refractivity contribution in [2.45, 2.75) is 28.5 Å². The van der Waals surface area contributed by atoms with Gasteiger partial charge in [-0.15, -0.1) is 23.2 Å². The minimum atomic E-state index is -1.92. The molecule has 0 spiro atoms. The molecule has 1 N–H and O–H groups in total. The Balaban J connectivity index is 1.51. The lowest BCUT2D eigenvalue weighted by Crippen LogP contribution is -2.60. The number of rotatable bonds is 3. The zero-order valence-corrected chi connectivity index (χ0v) is 23.1. The molecule has 8 nitrogen and oxygen atoms in total. The molecule has 202 valence electrons. The number of hydrogen-bond donors (Lipinski definition) is 1. The Labute approximate surface area is 239 Å². The summed E-state index contributed by atoms with van der Waals surface area (Å²) < 4.78 is 5.18. The van der Waals surface area contributed by atoms with Crippen LogP contribution in [0.5, 0.6) is 11.5 Å². The number of phenols is 1. The van der Waals surface area contributed by atoms with E-state index < -0.39 is 51.1 Å². The Bertz CT molecular complexity index is 1490. The van der Waals surface area contributed by atoms with Gasteiger partial charge >= 0.3 is 0 Å². The van der Waals surface area contributed by atoms with E-state index in [2.05, 4.69) is 0 Å². The number of halogens is 3. The van der Waals surface area contributed by atoms with E-state index in [0.29, 0.717) is 21.8 Å². The van der Waals surface area contributed by atoms with E-state index in [1.807, 2.05) is 6.08 Å². The van der Waals surface area contributed by atoms with Crippen LogP contribution in [0.15, 0.2) is 54.1 Å². The third-order valence-corrected chi connectivity index (χ3v) is 10.3. The van der Waals surface area contributed by atoms with Gasteiger partial charge in [0.2, 0.25) is 11.8 Å². The molecule has 3 fully saturated rings. The van der Waals surface area contributed by atoms with Crippen molar-refractivity contribution in [3.8, 4) is 11.5 Å². The third-order valence-electron chi connectivity index (χ3n) is 8.64. The van der Waals surface area contributed by atoms with Gasteiger partial charge in [0, 0.05) is 18.0 Å². The summed E-state index contributed by atoms with van der Waals surface area (Å²) in [5.74, 6) is -5.15. The van der Waals surface area contributed by atoms with Crippen molar-refractivity contribution in [2.75, 3.05) is 19.1 Å². The fourth-order valence-corrected chi connectivity index (χ4v) is 7.99. The predicted octanol–water partition coefficient (Wildman–Crippen LogP) is 4.25. The first-order valence-electron chi connectivity index (χ1n) is 12.4. The molecule has 11 heteroatoms. The molecule has 2 heterocycles. The van der Waals surface area contributed by atoms with Crippen LogP contribution < -0.4 is 9.64 Å². The highest BCUT2D eigenvalue weighted by Crippen LogP contribution is 2.65. The predicted molar refractivity (Wildman–Crippen MR) is 144 cm³/mol. The second kappa shape index (κ2) is 8.71. The molecule has 2 aliphatic carbocycles. The van der Waals surface area contributed by atoms with Crippen LogP contribution in [0.2, 0.25) is 5.02 Å². The number of amides is 4. The van der Waals surface area contributed by atoms with Gasteiger partial charge in [0.05, 0.1) is 24.6 Å². The molecule has 2 aromatic carbocycles. The number of alkyl halides is 2. The maximum Gasteiger partial charge on any atom is 0.253 e. The number of ether oxygens (including phenoxy) is 1. The highest BCUT2D eigenvalue weighted by molar-refractivity contribution is 6.53. The van der Waals surface area contributed by atoms with Gasteiger partial charge < -0.3 is 9.84 Å². The number of likely N-dealkylation sites (tertiary alicyclic amines) is 1. The highest BCUT2D eigenvalue weighted by Gasteiger charge is 2.75. The quantitative estimate of drug-likeness (QED) is 0.326. The molecule has 6 atom stereocenters. The molecular weight excluding hydrogens is 567 g/mol. The number of fused-ring (bicyclic) bond motifs is 4. The molecule has 2 aliphatic heterocycles. The topological polar surface area (TPSA) is 104 Å². The fourth-order valence-electron chi connectivity index (χ4n) is 6.85. The first-order chi connectivity index (χ1) is 18.5. The number of carbonyl (C=O) groups excluding carboxylic acids is 4. The smallest absolute Gasteiger partial charge is 0.253 e. The molecule has 4 amide bonds. The third kappa shape index (κ3) is 3.31. The second-order valence-electron chi connectivity index (χ2n) is 10.4. The number of nitrogens with zero attached hydrogens (tertiary/aromatic N) is 2. The van der Waals surface area contributed by atoms with Crippen LogP contribution in [0.3, 0.4) is 0 Å². The summed E-state index contributed by atoms with van der Waals surface area (Å²) >= 11 is 20.3. The van der Waals surface area contributed by atoms with Gasteiger partial charge in [-0.3, -0.25) is 29.0 Å². The maximum absolute atomic E-state index is 13.9. The summed E-state index contributed by atoms with van der Waals surface area (Å²) in [5.41, 5.74) is 1.48. The van der Waals surface area contributed by atoms with E-state index in [1.165, 1.54) is 26.3 Å². The van der Waals surface area contributed by atoms with Crippen molar-refractivity contribution in [3.05, 3.63) is 64.7 Å². The average molecular weight is 590 g/mol. The van der Waals surface area contributed by atoms with Gasteiger partial charge in [0.25, 0.3) is 11.8 Å². The number of phenolic OH excluding ortho intramolecular Hbond substituents is 1. The normalized spacial score (nSPS) is 33.6. The molecule has 1 saturated carbocycles. The van der Waals surface area contributed by atoms with Crippen LogP contribution in [0, 0.1) is 17.8 Å². The van der Waals surface area contributed by atoms with Gasteiger partial charge in [-0.25, -0.2) is 0 Å². The number of methoxy groups -OCH3 is 1. The number of benzene rings is 2. The van der Waals surface area contributed by atoms with Crippen LogP contribution in [-0.4, -0.2) is 57.5 Å². The monoisotopic (exact) mass is 588 g/mol. The van der Waals surface area contributed by atoms with Gasteiger partial charge in [0.1, 0.15) is 0 Å². The number of aromatic hydroxyl groups is 1. The van der Waals surface area contributed by atoms with Crippen LogP contribution >= 0.6 is 34.8 Å². The van der Waals surface area contributed by atoms with Crippen molar-refractivity contribution in [1.29, 1.82) is 0 Å². The lowest BCUT2D eigenvalue weighted by molar-refractivity contribution is -0.138. The zero-order chi connectivity index (χ0) is 28.0. The van der Waals surface area contributed by atoms with E-state index in [0.717, 1.165) is 9.80 Å². The summed E-state index contributed by atoms with van der Waals surface area (Å²) in [6.45, 7) is 0. The van der Waals surface area contributed by atoms with E-state index in [9.17, 15) is 24.3 Å². The Morgan fingerprint density at radius 3 is 2.31 bits per heavy atom. The Hall–Kier alpha value is -3.07. The number of anilines is 1. The van der Waals surface area contributed by atoms with Crippen molar-refractivity contribution in [1.82, 2.24) is 4.90 Å². The van der Waals surface area contributed by atoms with Crippen LogP contribution in [0.25, 0.3) is 0 Å². The van der Waals surface area contributed by atoms with Gasteiger partial charge in [-0.05, 0) is 60.7 Å². The van der Waals surface area contributed by atoms with Crippen molar-refractivity contribution < 1.29 is 29.0 Å². The van der Waals surface area contributed by atoms with E-state index >= 15 is 0 Å². The van der Waals surface area contributed by atoms with Crippen molar-refractivity contribution in [2.24, 2.45) is 17.8 Å². The maximum atomic E-state index is 13.9. The van der Waals surface area contributed by atoms with Gasteiger partial charge in [-0.2, -0.15) is 0 Å². The first-order valence-corrected chi connectivity index (χ1v) is 13.5. The Kier molecular flexibility index (Phi) is 5.85. The molecule has 2 aromatic rings. The van der Waals surface area contributed by atoms with Gasteiger partial charge in [-0.1, -0.05) is 29.3 Å². The van der Waals surface area contributed by atoms with Crippen LogP contribution in [0.1, 0.15) is 24.3 Å². The zero-order valence-electron chi connectivity index (χ0n) is 20.9. The van der Waals surface area contributed by atoms with Gasteiger partial charge in [0.15, 0.2) is 21.2 Å². The Morgan fingerprint density at radius 1 is 0.974 bits per heavy atom. The van der Waals surface area contributed by atoms with E-state index in [1.54, 1.807) is 30.3 Å². The highest BCUT2D eigenvalue weighted by atomic mass is 35.5. The summed E-state index contributed by atoms with van der Waals surface area (Å²) in [6, 6.07) is 11.0. The van der Waals surface area contributed by atoms with Crippen LogP contribution in [-0.2, 0) is 19.2 Å². The largest absolute Gasteiger partial charge is 0.504 e. The molecule has 0 radical (unpaired) electrons. The van der Waals surface area contributed by atoms with Crippen molar-refractivity contribution >= 4 is 64.1 Å². The molecule has 2 saturated heterocycles. The second-order valence-corrected chi connectivity index (χ2v) is 12.1. The lowest BCUT2D eigenvalue weighted by Gasteiger charge is -2.50. The summed E-state index contributed by atoms with van der Waals surface area (Å²) in [6.07, 6.45) is 1.97. The number of carbonyl (C=O) groups is 4. The minimum Gasteiger partial charge on any atom is -0.504 e. The molecule has 39 heavy (non-hydrogen) atoms. The lowest BCUT2D eigenvalue weighted by atomic mass is 9.56. The summed E-state index contributed by atoms with van der Waals surface area (Å²) in [5, 5.41) is 11.1. The van der Waals surface area contributed by atoms with Crippen LogP contribution in [0.4, 0.5) is 5.69 Å². The molecule has 4 aliphatic rings. The average Bonchev–Trinajstić information content (AvgIpc) is 3.24. The number of hydrogen-bond acceptors (Lipinski definition) is 6. The standard InChI is InChI=1S/C28H23Cl3N2O6/c1-32-25(37)27(30)12-18-16(22(28(27,31)26(32)38)13-3-10-20(39-2)19(34)11-13)8-9-17-21(18)24(36)33(23(17)35)15-6-4-14(29)5-7-15/h3-8,10-11,17-18,21-22,34H,9,12H2,1-2H3. The molecule has 0 bridgehead atoms. The first kappa shape index (κ1) is 26.2. The molecular formula is C28H23Cl3N2O6.